The molecule has 21 heavy (non-hydrogen) atoms. The Bertz CT molecular complexity index is 715. The van der Waals surface area contributed by atoms with Gasteiger partial charge in [0.1, 0.15) is 5.75 Å². The number of hydrogen-bond donors (Lipinski definition) is 1. The Balaban J connectivity index is 1.74. The zero-order valence-corrected chi connectivity index (χ0v) is 11.9. The van der Waals surface area contributed by atoms with Crippen LogP contribution in [0.1, 0.15) is 16.8 Å². The van der Waals surface area contributed by atoms with E-state index in [9.17, 15) is 5.11 Å². The van der Waals surface area contributed by atoms with Gasteiger partial charge in [-0.3, -0.25) is 0 Å². The molecule has 1 aromatic heterocycles. The Kier molecular flexibility index (Phi) is 3.69. The molecule has 0 spiro atoms. The van der Waals surface area contributed by atoms with Crippen LogP contribution in [0.15, 0.2) is 54.7 Å². The average molecular weight is 279 g/mol. The minimum Gasteiger partial charge on any atom is -0.508 e. The van der Waals surface area contributed by atoms with Crippen molar-refractivity contribution in [3.05, 3.63) is 71.5 Å². The largest absolute Gasteiger partial charge is 0.508 e. The Morgan fingerprint density at radius 2 is 1.81 bits per heavy atom. The summed E-state index contributed by atoms with van der Waals surface area (Å²) in [6, 6.07) is 15.5. The molecule has 0 aliphatic carbocycles. The lowest BCUT2D eigenvalue weighted by Gasteiger charge is -2.06. The molecule has 0 amide bonds. The van der Waals surface area contributed by atoms with E-state index in [4.69, 9.17) is 0 Å². The van der Waals surface area contributed by atoms with Gasteiger partial charge in [-0.15, -0.1) is 5.10 Å². The Morgan fingerprint density at radius 1 is 1.00 bits per heavy atom. The van der Waals surface area contributed by atoms with Crippen LogP contribution in [0.2, 0.25) is 0 Å². The predicted molar refractivity (Wildman–Crippen MR) is 81.6 cm³/mol. The number of aromatic nitrogens is 3. The first kappa shape index (κ1) is 13.4. The van der Waals surface area contributed by atoms with E-state index >= 15 is 0 Å². The van der Waals surface area contributed by atoms with Crippen molar-refractivity contribution in [1.82, 2.24) is 15.0 Å². The van der Waals surface area contributed by atoms with E-state index in [1.165, 1.54) is 0 Å². The maximum absolute atomic E-state index is 9.91. The molecule has 2 aromatic carbocycles. The first-order chi connectivity index (χ1) is 10.2. The monoisotopic (exact) mass is 279 g/mol. The van der Waals surface area contributed by atoms with Gasteiger partial charge in [-0.1, -0.05) is 35.5 Å². The van der Waals surface area contributed by atoms with Gasteiger partial charge in [-0.25, -0.2) is 4.68 Å². The van der Waals surface area contributed by atoms with E-state index in [0.717, 1.165) is 35.3 Å². The molecule has 0 unspecified atom stereocenters. The molecule has 0 fully saturated rings. The van der Waals surface area contributed by atoms with Crippen LogP contribution in [0.4, 0.5) is 0 Å². The molecule has 0 aliphatic heterocycles. The maximum atomic E-state index is 9.91. The highest BCUT2D eigenvalue weighted by atomic mass is 16.3. The van der Waals surface area contributed by atoms with Crippen LogP contribution in [-0.2, 0) is 12.8 Å². The number of phenolic OH excluding ortho intramolecular Hbond substituents is 1. The summed E-state index contributed by atoms with van der Waals surface area (Å²) in [5.41, 5.74) is 3.99. The van der Waals surface area contributed by atoms with Crippen LogP contribution in [0.25, 0.3) is 5.69 Å². The van der Waals surface area contributed by atoms with Gasteiger partial charge in [-0.2, -0.15) is 0 Å². The Hall–Kier alpha value is -2.62. The molecule has 3 rings (SSSR count). The minimum atomic E-state index is 0.352. The van der Waals surface area contributed by atoms with Gasteiger partial charge in [0.25, 0.3) is 0 Å². The van der Waals surface area contributed by atoms with Crippen molar-refractivity contribution in [3.8, 4) is 11.4 Å². The molecule has 0 radical (unpaired) electrons. The zero-order chi connectivity index (χ0) is 14.7. The van der Waals surface area contributed by atoms with Crippen LogP contribution < -0.4 is 0 Å². The van der Waals surface area contributed by atoms with E-state index in [1.54, 1.807) is 10.7 Å². The second-order valence-electron chi connectivity index (χ2n) is 5.06. The molecule has 4 nitrogen and oxygen atoms in total. The molecule has 3 aromatic rings. The van der Waals surface area contributed by atoms with Crippen LogP contribution in [0, 0.1) is 6.92 Å². The quantitative estimate of drug-likeness (QED) is 0.798. The Labute approximate surface area is 123 Å². The topological polar surface area (TPSA) is 50.9 Å². The first-order valence-electron chi connectivity index (χ1n) is 6.98. The third kappa shape index (κ3) is 2.94. The van der Waals surface area contributed by atoms with Crippen molar-refractivity contribution < 1.29 is 5.11 Å². The highest BCUT2D eigenvalue weighted by Crippen LogP contribution is 2.22. The molecule has 0 bridgehead atoms. The fourth-order valence-electron chi connectivity index (χ4n) is 2.38. The molecule has 0 saturated carbocycles. The fourth-order valence-corrected chi connectivity index (χ4v) is 2.38. The minimum absolute atomic E-state index is 0.352. The van der Waals surface area contributed by atoms with Crippen LogP contribution >= 0.6 is 0 Å². The third-order valence-electron chi connectivity index (χ3n) is 3.58. The third-order valence-corrected chi connectivity index (χ3v) is 3.58. The molecule has 106 valence electrons. The Morgan fingerprint density at radius 3 is 2.57 bits per heavy atom. The van der Waals surface area contributed by atoms with E-state index in [2.05, 4.69) is 10.3 Å². The number of aromatic hydroxyl groups is 1. The molecule has 4 heteroatoms. The molecular formula is C17H17N3O. The maximum Gasteiger partial charge on any atom is 0.119 e. The van der Waals surface area contributed by atoms with Crippen LogP contribution in [0.5, 0.6) is 5.75 Å². The standard InChI is InChI=1S/C17H17N3O/c1-13-6-5-9-17(21)16(13)11-10-14-12-20(19-18-14)15-7-3-2-4-8-15/h2-9,12,21H,10-11H2,1H3. The molecule has 1 heterocycles. The highest BCUT2D eigenvalue weighted by molar-refractivity contribution is 5.39. The summed E-state index contributed by atoms with van der Waals surface area (Å²) in [5, 5.41) is 18.3. The summed E-state index contributed by atoms with van der Waals surface area (Å²) >= 11 is 0. The molecule has 0 atom stereocenters. The number of para-hydroxylation sites is 1. The molecular weight excluding hydrogens is 262 g/mol. The zero-order valence-electron chi connectivity index (χ0n) is 11.9. The number of phenols is 1. The SMILES string of the molecule is Cc1cccc(O)c1CCc1cn(-c2ccccc2)nn1. The second-order valence-corrected chi connectivity index (χ2v) is 5.06. The summed E-state index contributed by atoms with van der Waals surface area (Å²) in [5.74, 6) is 0.352. The summed E-state index contributed by atoms with van der Waals surface area (Å²) in [6.07, 6.45) is 3.45. The predicted octanol–water partition coefficient (Wildman–Crippen LogP) is 3.07. The van der Waals surface area contributed by atoms with Gasteiger partial charge < -0.3 is 5.11 Å². The van der Waals surface area contributed by atoms with Gasteiger partial charge >= 0.3 is 0 Å². The highest BCUT2D eigenvalue weighted by Gasteiger charge is 2.07. The summed E-state index contributed by atoms with van der Waals surface area (Å²) in [6.45, 7) is 2.01. The fraction of sp³-hybridized carbons (Fsp3) is 0.176. The van der Waals surface area contributed by atoms with Gasteiger partial charge in [0, 0.05) is 0 Å². The van der Waals surface area contributed by atoms with E-state index in [0.29, 0.717) is 5.75 Å². The normalized spacial score (nSPS) is 10.7. The number of hydrogen-bond acceptors (Lipinski definition) is 3. The van der Waals surface area contributed by atoms with Gasteiger partial charge in [0.15, 0.2) is 0 Å². The number of benzene rings is 2. The molecule has 0 aliphatic rings. The van der Waals surface area contributed by atoms with Gasteiger partial charge in [0.2, 0.25) is 0 Å². The van der Waals surface area contributed by atoms with Crippen molar-refractivity contribution in [2.45, 2.75) is 19.8 Å². The van der Waals surface area contributed by atoms with Crippen molar-refractivity contribution in [3.63, 3.8) is 0 Å². The number of rotatable bonds is 4. The first-order valence-corrected chi connectivity index (χ1v) is 6.98. The summed E-state index contributed by atoms with van der Waals surface area (Å²) in [7, 11) is 0. The molecule has 1 N–H and O–H groups in total. The van der Waals surface area contributed by atoms with Crippen molar-refractivity contribution in [2.24, 2.45) is 0 Å². The average Bonchev–Trinajstić information content (AvgIpc) is 2.97. The van der Waals surface area contributed by atoms with Crippen molar-refractivity contribution in [1.29, 1.82) is 0 Å². The number of aryl methyl sites for hydroxylation is 2. The van der Waals surface area contributed by atoms with Gasteiger partial charge in [0.05, 0.1) is 17.6 Å². The lowest BCUT2D eigenvalue weighted by molar-refractivity contribution is 0.467. The van der Waals surface area contributed by atoms with Crippen molar-refractivity contribution >= 4 is 0 Å². The van der Waals surface area contributed by atoms with Crippen LogP contribution in [0.3, 0.4) is 0 Å². The van der Waals surface area contributed by atoms with Crippen LogP contribution in [-0.4, -0.2) is 20.1 Å². The lowest BCUT2D eigenvalue weighted by Crippen LogP contribution is -1.95. The van der Waals surface area contributed by atoms with E-state index < -0.39 is 0 Å². The number of nitrogens with zero attached hydrogens (tertiary/aromatic N) is 3. The molecule has 0 saturated heterocycles. The summed E-state index contributed by atoms with van der Waals surface area (Å²) < 4.78 is 1.77. The second kappa shape index (κ2) is 5.79. The van der Waals surface area contributed by atoms with E-state index in [1.807, 2.05) is 55.6 Å². The van der Waals surface area contributed by atoms with Gasteiger partial charge in [-0.05, 0) is 49.1 Å². The van der Waals surface area contributed by atoms with Crippen molar-refractivity contribution in [2.75, 3.05) is 0 Å². The summed E-state index contributed by atoms with van der Waals surface area (Å²) in [4.78, 5) is 0. The van der Waals surface area contributed by atoms with E-state index in [-0.39, 0.29) is 0 Å². The lowest BCUT2D eigenvalue weighted by atomic mass is 10.0. The smallest absolute Gasteiger partial charge is 0.119 e.